The molecule has 2 heteroatoms. The molecule has 0 aromatic heterocycles. The molecule has 0 amide bonds. The Kier molecular flexibility index (Phi) is 1.99. The van der Waals surface area contributed by atoms with Gasteiger partial charge >= 0.3 is 0 Å². The van der Waals surface area contributed by atoms with Crippen LogP contribution in [-0.2, 0) is 0 Å². The third-order valence-electron chi connectivity index (χ3n) is 3.96. The van der Waals surface area contributed by atoms with E-state index in [9.17, 15) is 0 Å². The topological polar surface area (TPSA) is 6.48 Å². The summed E-state index contributed by atoms with van der Waals surface area (Å²) in [6, 6.07) is 10.5. The maximum Gasteiger partial charge on any atom is 0.0367 e. The van der Waals surface area contributed by atoms with Crippen LogP contribution in [0.25, 0.3) is 0 Å². The van der Waals surface area contributed by atoms with E-state index in [1.165, 1.54) is 30.8 Å². The zero-order valence-corrected chi connectivity index (χ0v) is 9.48. The van der Waals surface area contributed by atoms with Gasteiger partial charge in [-0.05, 0) is 32.5 Å². The highest BCUT2D eigenvalue weighted by atomic mass is 15.3. The SMILES string of the molecule is Cc1ccc(N2CC3CC(C2)N3C)cc1. The van der Waals surface area contributed by atoms with Crippen molar-refractivity contribution < 1.29 is 0 Å². The molecule has 3 heterocycles. The number of rotatable bonds is 1. The van der Waals surface area contributed by atoms with Crippen molar-refractivity contribution in [2.24, 2.45) is 0 Å². The van der Waals surface area contributed by atoms with Crippen molar-refractivity contribution in [3.05, 3.63) is 29.8 Å². The van der Waals surface area contributed by atoms with Gasteiger partial charge in [0.25, 0.3) is 0 Å². The van der Waals surface area contributed by atoms with Crippen molar-refractivity contribution in [3.63, 3.8) is 0 Å². The average molecular weight is 202 g/mol. The van der Waals surface area contributed by atoms with Crippen molar-refractivity contribution in [1.29, 1.82) is 0 Å². The molecule has 3 aliphatic rings. The Balaban J connectivity index is 1.77. The number of likely N-dealkylation sites (N-methyl/N-ethyl adjacent to an activating group) is 1. The highest BCUT2D eigenvalue weighted by Gasteiger charge is 2.41. The molecular weight excluding hydrogens is 184 g/mol. The standard InChI is InChI=1S/C13H18N2/c1-10-3-5-11(6-4-10)15-8-12-7-13(9-15)14(12)2/h3-6,12-13H,7-9H2,1-2H3. The fraction of sp³-hybridized carbons (Fsp3) is 0.538. The highest BCUT2D eigenvalue weighted by molar-refractivity contribution is 5.49. The minimum absolute atomic E-state index is 0.796. The molecule has 3 fully saturated rings. The Bertz CT molecular complexity index is 345. The van der Waals surface area contributed by atoms with E-state index in [2.05, 4.69) is 48.0 Å². The molecule has 0 N–H and O–H groups in total. The van der Waals surface area contributed by atoms with Gasteiger partial charge in [0.1, 0.15) is 0 Å². The van der Waals surface area contributed by atoms with Crippen molar-refractivity contribution in [2.75, 3.05) is 25.0 Å². The normalized spacial score (nSPS) is 30.1. The van der Waals surface area contributed by atoms with Gasteiger partial charge in [-0.1, -0.05) is 17.7 Å². The van der Waals surface area contributed by atoms with Crippen LogP contribution in [0.5, 0.6) is 0 Å². The maximum atomic E-state index is 2.53. The van der Waals surface area contributed by atoms with Crippen LogP contribution in [0.15, 0.2) is 24.3 Å². The fourth-order valence-corrected chi connectivity index (χ4v) is 2.76. The van der Waals surface area contributed by atoms with Gasteiger partial charge in [-0.3, -0.25) is 4.90 Å². The largest absolute Gasteiger partial charge is 0.368 e. The number of benzene rings is 1. The molecule has 2 bridgehead atoms. The van der Waals surface area contributed by atoms with Gasteiger partial charge in [0, 0.05) is 30.9 Å². The number of nitrogens with zero attached hydrogens (tertiary/aromatic N) is 2. The summed E-state index contributed by atoms with van der Waals surface area (Å²) in [7, 11) is 2.26. The first-order chi connectivity index (χ1) is 7.24. The van der Waals surface area contributed by atoms with E-state index >= 15 is 0 Å². The lowest BCUT2D eigenvalue weighted by Crippen LogP contribution is -2.67. The Morgan fingerprint density at radius 2 is 1.67 bits per heavy atom. The molecule has 0 saturated carbocycles. The van der Waals surface area contributed by atoms with Gasteiger partial charge < -0.3 is 4.90 Å². The lowest BCUT2D eigenvalue weighted by atomic mass is 9.88. The number of fused-ring (bicyclic) bond motifs is 2. The predicted molar refractivity (Wildman–Crippen MR) is 63.3 cm³/mol. The summed E-state index contributed by atoms with van der Waals surface area (Å²) in [6.07, 6.45) is 1.40. The summed E-state index contributed by atoms with van der Waals surface area (Å²) in [5.41, 5.74) is 2.74. The Labute approximate surface area is 91.5 Å². The van der Waals surface area contributed by atoms with E-state index in [1.54, 1.807) is 0 Å². The second-order valence-electron chi connectivity index (χ2n) is 4.95. The Morgan fingerprint density at radius 1 is 1.07 bits per heavy atom. The number of anilines is 1. The predicted octanol–water partition coefficient (Wildman–Crippen LogP) is 1.89. The Morgan fingerprint density at radius 3 is 2.20 bits per heavy atom. The van der Waals surface area contributed by atoms with Crippen LogP contribution >= 0.6 is 0 Å². The van der Waals surface area contributed by atoms with Gasteiger partial charge in [0.15, 0.2) is 0 Å². The molecular formula is C13H18N2. The lowest BCUT2D eigenvalue weighted by molar-refractivity contribution is 0.0264. The first kappa shape index (κ1) is 9.22. The first-order valence-electron chi connectivity index (χ1n) is 5.77. The molecule has 1 aromatic carbocycles. The summed E-state index contributed by atoms with van der Waals surface area (Å²) >= 11 is 0. The molecule has 2 unspecified atom stereocenters. The molecule has 1 aromatic rings. The summed E-state index contributed by atoms with van der Waals surface area (Å²) < 4.78 is 0. The molecule has 2 nitrogen and oxygen atoms in total. The third kappa shape index (κ3) is 1.44. The van der Waals surface area contributed by atoms with Crippen LogP contribution in [0.3, 0.4) is 0 Å². The van der Waals surface area contributed by atoms with E-state index in [1.807, 2.05) is 0 Å². The Hall–Kier alpha value is -1.02. The monoisotopic (exact) mass is 202 g/mol. The summed E-state index contributed by atoms with van der Waals surface area (Å²) in [5, 5.41) is 0. The zero-order chi connectivity index (χ0) is 10.4. The number of aryl methyl sites for hydroxylation is 1. The molecule has 80 valence electrons. The molecule has 2 atom stereocenters. The van der Waals surface area contributed by atoms with Gasteiger partial charge in [0.2, 0.25) is 0 Å². The van der Waals surface area contributed by atoms with Crippen LogP contribution in [-0.4, -0.2) is 37.1 Å². The summed E-state index contributed by atoms with van der Waals surface area (Å²) in [4.78, 5) is 5.04. The van der Waals surface area contributed by atoms with Crippen LogP contribution in [0.1, 0.15) is 12.0 Å². The van der Waals surface area contributed by atoms with Crippen molar-refractivity contribution in [3.8, 4) is 0 Å². The van der Waals surface area contributed by atoms with Gasteiger partial charge in [-0.25, -0.2) is 0 Å². The quantitative estimate of drug-likeness (QED) is 0.686. The van der Waals surface area contributed by atoms with E-state index in [0.29, 0.717) is 0 Å². The fourth-order valence-electron chi connectivity index (χ4n) is 2.76. The molecule has 15 heavy (non-hydrogen) atoms. The van der Waals surface area contributed by atoms with Crippen LogP contribution < -0.4 is 4.90 Å². The summed E-state index contributed by atoms with van der Waals surface area (Å²) in [6.45, 7) is 4.55. The van der Waals surface area contributed by atoms with Gasteiger partial charge in [-0.15, -0.1) is 0 Å². The van der Waals surface area contributed by atoms with Crippen LogP contribution in [0.4, 0.5) is 5.69 Å². The smallest absolute Gasteiger partial charge is 0.0367 e. The molecule has 0 spiro atoms. The van der Waals surface area contributed by atoms with Crippen LogP contribution in [0, 0.1) is 6.92 Å². The van der Waals surface area contributed by atoms with E-state index in [0.717, 1.165) is 12.1 Å². The van der Waals surface area contributed by atoms with Gasteiger partial charge in [0.05, 0.1) is 0 Å². The molecule has 3 aliphatic heterocycles. The zero-order valence-electron chi connectivity index (χ0n) is 9.48. The second-order valence-corrected chi connectivity index (χ2v) is 4.95. The molecule has 0 aliphatic carbocycles. The minimum Gasteiger partial charge on any atom is -0.368 e. The minimum atomic E-state index is 0.796. The van der Waals surface area contributed by atoms with Crippen molar-refractivity contribution in [1.82, 2.24) is 4.90 Å². The molecule has 0 radical (unpaired) electrons. The highest BCUT2D eigenvalue weighted by Crippen LogP contribution is 2.32. The maximum absolute atomic E-state index is 2.53. The second kappa shape index (κ2) is 3.24. The van der Waals surface area contributed by atoms with Crippen molar-refractivity contribution >= 4 is 5.69 Å². The van der Waals surface area contributed by atoms with Crippen LogP contribution in [0.2, 0.25) is 0 Å². The first-order valence-corrected chi connectivity index (χ1v) is 5.77. The lowest BCUT2D eigenvalue weighted by Gasteiger charge is -2.55. The molecule has 3 saturated heterocycles. The van der Waals surface area contributed by atoms with Crippen molar-refractivity contribution in [2.45, 2.75) is 25.4 Å². The van der Waals surface area contributed by atoms with Gasteiger partial charge in [-0.2, -0.15) is 0 Å². The summed E-state index contributed by atoms with van der Waals surface area (Å²) in [5.74, 6) is 0. The number of hydrogen-bond acceptors (Lipinski definition) is 2. The number of piperazine rings is 1. The van der Waals surface area contributed by atoms with E-state index < -0.39 is 0 Å². The average Bonchev–Trinajstić information content (AvgIpc) is 2.29. The van der Waals surface area contributed by atoms with E-state index in [-0.39, 0.29) is 0 Å². The molecule has 4 rings (SSSR count). The number of hydrogen-bond donors (Lipinski definition) is 0. The number of piperidine rings is 1. The van der Waals surface area contributed by atoms with E-state index in [4.69, 9.17) is 0 Å². The third-order valence-corrected chi connectivity index (χ3v) is 3.96.